The highest BCUT2D eigenvalue weighted by molar-refractivity contribution is 5.98. The van der Waals surface area contributed by atoms with Crippen molar-refractivity contribution in [2.45, 2.75) is 162 Å². The SMILES string of the molecule is CC(C)C[C@@H](N)C(=O)N[C@@H](CC(C)C)C(=O)N[C@@H](CC1CCCCC1)C(=O)N[C@@H](CC(C)C)C(=O)C(C(C)C)[C@H](N)C(=O)N[C@@H](C=O)CCCN=C(N)N. The van der Waals surface area contributed by atoms with Gasteiger partial charge in [0.25, 0.3) is 0 Å². The Labute approximate surface area is 323 Å². The van der Waals surface area contributed by atoms with Gasteiger partial charge in [-0.25, -0.2) is 0 Å². The second-order valence-electron chi connectivity index (χ2n) is 16.8. The van der Waals surface area contributed by atoms with Crippen LogP contribution in [0.4, 0.5) is 0 Å². The Bertz CT molecular complexity index is 1230. The predicted molar refractivity (Wildman–Crippen MR) is 213 cm³/mol. The highest BCUT2D eigenvalue weighted by Gasteiger charge is 2.40. The van der Waals surface area contributed by atoms with E-state index in [1.807, 2.05) is 41.5 Å². The monoisotopic (exact) mass is 764 g/mol. The number of guanidine groups is 1. The number of nitrogens with zero attached hydrogens (tertiary/aromatic N) is 1. The molecule has 0 spiro atoms. The number of Topliss-reactive ketones (excluding diaryl/α,β-unsaturated/α-hetero) is 1. The number of aldehydes is 1. The largest absolute Gasteiger partial charge is 0.370 e. The Hall–Kier alpha value is -3.59. The van der Waals surface area contributed by atoms with Crippen LogP contribution in [0.25, 0.3) is 0 Å². The normalized spacial score (nSPS) is 17.5. The molecule has 0 radical (unpaired) electrons. The van der Waals surface area contributed by atoms with Gasteiger partial charge in [-0.3, -0.25) is 29.0 Å². The van der Waals surface area contributed by atoms with Crippen LogP contribution in [-0.2, 0) is 28.8 Å². The molecule has 1 saturated carbocycles. The molecule has 12 N–H and O–H groups in total. The van der Waals surface area contributed by atoms with E-state index >= 15 is 0 Å². The van der Waals surface area contributed by atoms with E-state index in [0.29, 0.717) is 32.0 Å². The first kappa shape index (κ1) is 48.4. The summed E-state index contributed by atoms with van der Waals surface area (Å²) in [5.74, 6) is -3.53. The fourth-order valence-electron chi connectivity index (χ4n) is 7.13. The molecule has 1 aliphatic rings. The number of carbonyl (C=O) groups excluding carboxylic acids is 6. The van der Waals surface area contributed by atoms with Crippen LogP contribution in [-0.4, -0.2) is 84.5 Å². The summed E-state index contributed by atoms with van der Waals surface area (Å²) in [5.41, 5.74) is 23.3. The van der Waals surface area contributed by atoms with E-state index in [9.17, 15) is 28.8 Å². The molecule has 0 aromatic rings. The minimum Gasteiger partial charge on any atom is -0.370 e. The van der Waals surface area contributed by atoms with Gasteiger partial charge in [-0.05, 0) is 68.1 Å². The van der Waals surface area contributed by atoms with Crippen LogP contribution >= 0.6 is 0 Å². The number of hydrogen-bond acceptors (Lipinski definition) is 9. The van der Waals surface area contributed by atoms with Crippen molar-refractivity contribution in [1.82, 2.24) is 21.3 Å². The molecule has 0 bridgehead atoms. The van der Waals surface area contributed by atoms with Crippen LogP contribution in [0.3, 0.4) is 0 Å². The van der Waals surface area contributed by atoms with Crippen molar-refractivity contribution in [1.29, 1.82) is 0 Å². The maximum Gasteiger partial charge on any atom is 0.243 e. The molecular formula is C39H73N9O6. The summed E-state index contributed by atoms with van der Waals surface area (Å²) in [6.07, 6.45) is 7.75. The molecule has 4 amide bonds. The number of carbonyl (C=O) groups is 6. The molecule has 0 aromatic heterocycles. The van der Waals surface area contributed by atoms with Crippen LogP contribution in [0.2, 0.25) is 0 Å². The van der Waals surface area contributed by atoms with Crippen molar-refractivity contribution in [3.63, 3.8) is 0 Å². The summed E-state index contributed by atoms with van der Waals surface area (Å²) < 4.78 is 0. The van der Waals surface area contributed by atoms with Crippen molar-refractivity contribution < 1.29 is 28.8 Å². The Balaban J connectivity index is 3.33. The molecule has 0 saturated heterocycles. The second-order valence-corrected chi connectivity index (χ2v) is 16.8. The van der Waals surface area contributed by atoms with Crippen molar-refractivity contribution in [2.75, 3.05) is 6.54 Å². The standard InChI is InChI=1S/C39H73N9O6/c1-22(2)17-28(40)35(51)47-30(19-24(5)6)36(52)48-31(20-26-13-10-9-11-14-26)37(53)46-29(18-23(3)4)34(50)32(25(7)8)33(41)38(54)45-27(21-49)15-12-16-44-39(42)43/h21-33H,9-20,40-41H2,1-8H3,(H,45,54)(H,46,53)(H,47,51)(H,48,52)(H4,42,43,44)/t27-,28-,29+,30+,31+,32?,33+/m1/s1. The zero-order valence-corrected chi connectivity index (χ0v) is 34.2. The fourth-order valence-corrected chi connectivity index (χ4v) is 7.13. The quantitative estimate of drug-likeness (QED) is 0.0289. The maximum atomic E-state index is 14.3. The third kappa shape index (κ3) is 18.2. The summed E-state index contributed by atoms with van der Waals surface area (Å²) in [6, 6.07) is -5.82. The maximum absolute atomic E-state index is 14.3. The van der Waals surface area contributed by atoms with Crippen molar-refractivity contribution in [2.24, 2.45) is 63.4 Å². The molecule has 1 unspecified atom stereocenters. The molecule has 1 rings (SSSR count). The predicted octanol–water partition coefficient (Wildman–Crippen LogP) is 1.78. The van der Waals surface area contributed by atoms with Gasteiger partial charge in [0.15, 0.2) is 11.7 Å². The van der Waals surface area contributed by atoms with Crippen molar-refractivity contribution >= 4 is 41.7 Å². The number of ketones is 1. The zero-order chi connectivity index (χ0) is 41.1. The molecule has 0 heterocycles. The second kappa shape index (κ2) is 24.7. The van der Waals surface area contributed by atoms with Gasteiger partial charge < -0.3 is 49.0 Å². The Morgan fingerprint density at radius 3 is 1.72 bits per heavy atom. The van der Waals surface area contributed by atoms with Crippen molar-refractivity contribution in [3.8, 4) is 0 Å². The number of amides is 4. The average molecular weight is 764 g/mol. The number of aliphatic imine (C=N–C) groups is 1. The zero-order valence-electron chi connectivity index (χ0n) is 34.2. The van der Waals surface area contributed by atoms with Crippen LogP contribution in [0.5, 0.6) is 0 Å². The van der Waals surface area contributed by atoms with E-state index in [4.69, 9.17) is 22.9 Å². The van der Waals surface area contributed by atoms with Gasteiger partial charge in [0.05, 0.1) is 24.2 Å². The van der Waals surface area contributed by atoms with Gasteiger partial charge in [0.2, 0.25) is 23.6 Å². The van der Waals surface area contributed by atoms with Crippen LogP contribution in [0.1, 0.15) is 126 Å². The van der Waals surface area contributed by atoms with Gasteiger partial charge in [-0.15, -0.1) is 0 Å². The molecule has 310 valence electrons. The van der Waals surface area contributed by atoms with E-state index in [2.05, 4.69) is 26.3 Å². The van der Waals surface area contributed by atoms with Crippen LogP contribution in [0, 0.1) is 35.5 Å². The third-order valence-corrected chi connectivity index (χ3v) is 9.89. The van der Waals surface area contributed by atoms with E-state index in [-0.39, 0.29) is 54.9 Å². The summed E-state index contributed by atoms with van der Waals surface area (Å²) in [4.78, 5) is 84.5. The van der Waals surface area contributed by atoms with Crippen molar-refractivity contribution in [3.05, 3.63) is 0 Å². The third-order valence-electron chi connectivity index (χ3n) is 9.89. The number of hydrogen-bond donors (Lipinski definition) is 8. The van der Waals surface area contributed by atoms with E-state index in [0.717, 1.165) is 32.1 Å². The van der Waals surface area contributed by atoms with Crippen LogP contribution < -0.4 is 44.2 Å². The molecule has 0 aromatic carbocycles. The summed E-state index contributed by atoms with van der Waals surface area (Å²) in [5, 5.41) is 11.3. The van der Waals surface area contributed by atoms with E-state index in [1.165, 1.54) is 0 Å². The first-order valence-corrected chi connectivity index (χ1v) is 20.0. The molecule has 15 heteroatoms. The number of nitrogens with one attached hydrogen (secondary N) is 4. The lowest BCUT2D eigenvalue weighted by molar-refractivity contribution is -0.137. The van der Waals surface area contributed by atoms with Gasteiger partial charge in [-0.2, -0.15) is 0 Å². The average Bonchev–Trinajstić information content (AvgIpc) is 3.07. The van der Waals surface area contributed by atoms with E-state index in [1.54, 1.807) is 13.8 Å². The minimum absolute atomic E-state index is 0.0196. The molecule has 1 fully saturated rings. The van der Waals surface area contributed by atoms with Gasteiger partial charge in [0.1, 0.15) is 18.4 Å². The van der Waals surface area contributed by atoms with Gasteiger partial charge in [-0.1, -0.05) is 87.5 Å². The van der Waals surface area contributed by atoms with Gasteiger partial charge in [0, 0.05) is 12.5 Å². The highest BCUT2D eigenvalue weighted by Crippen LogP contribution is 2.28. The van der Waals surface area contributed by atoms with Gasteiger partial charge >= 0.3 is 0 Å². The summed E-state index contributed by atoms with van der Waals surface area (Å²) in [6.45, 7) is 15.5. The fraction of sp³-hybridized carbons (Fsp3) is 0.821. The highest BCUT2D eigenvalue weighted by atomic mass is 16.2. The number of nitrogens with two attached hydrogens (primary N) is 4. The Kier molecular flexibility index (Phi) is 22.2. The lowest BCUT2D eigenvalue weighted by Gasteiger charge is -2.33. The first-order valence-electron chi connectivity index (χ1n) is 20.0. The first-order chi connectivity index (χ1) is 25.3. The Morgan fingerprint density at radius 1 is 0.685 bits per heavy atom. The lowest BCUT2D eigenvalue weighted by atomic mass is 9.80. The number of rotatable bonds is 25. The topological polar surface area (TPSA) is 267 Å². The molecular weight excluding hydrogens is 690 g/mol. The molecule has 0 aliphatic heterocycles. The lowest BCUT2D eigenvalue weighted by Crippen LogP contribution is -2.59. The van der Waals surface area contributed by atoms with Crippen LogP contribution in [0.15, 0.2) is 4.99 Å². The smallest absolute Gasteiger partial charge is 0.243 e. The molecule has 15 nitrogen and oxygen atoms in total. The van der Waals surface area contributed by atoms with E-state index < -0.39 is 71.6 Å². The summed E-state index contributed by atoms with van der Waals surface area (Å²) in [7, 11) is 0. The molecule has 54 heavy (non-hydrogen) atoms. The summed E-state index contributed by atoms with van der Waals surface area (Å²) >= 11 is 0. The molecule has 1 aliphatic carbocycles. The Morgan fingerprint density at radius 2 is 1.20 bits per heavy atom. The minimum atomic E-state index is -1.30. The molecule has 7 atom stereocenters.